The van der Waals surface area contributed by atoms with E-state index >= 15 is 0 Å². The van der Waals surface area contributed by atoms with Gasteiger partial charge in [0.2, 0.25) is 0 Å². The molecule has 18 heavy (non-hydrogen) atoms. The van der Waals surface area contributed by atoms with Crippen molar-refractivity contribution in [2.75, 3.05) is 0 Å². The van der Waals surface area contributed by atoms with E-state index in [0.717, 1.165) is 12.8 Å². The average Bonchev–Trinajstić information content (AvgIpc) is 2.64. The molecule has 0 amide bonds. The fourth-order valence-corrected chi connectivity index (χ4v) is 2.51. The molecule has 1 unspecified atom stereocenters. The summed E-state index contributed by atoms with van der Waals surface area (Å²) in [7, 11) is 0. The second-order valence-corrected chi connectivity index (χ2v) is 4.87. The Bertz CT molecular complexity index is 532. The predicted molar refractivity (Wildman–Crippen MR) is 76.7 cm³/mol. The van der Waals surface area contributed by atoms with Gasteiger partial charge in [-0.25, -0.2) is 0 Å². The first kappa shape index (κ1) is 11.2. The van der Waals surface area contributed by atoms with Gasteiger partial charge in [0.15, 0.2) is 0 Å². The van der Waals surface area contributed by atoms with E-state index in [1.165, 1.54) is 23.3 Å². The highest BCUT2D eigenvalue weighted by molar-refractivity contribution is 5.81. The zero-order chi connectivity index (χ0) is 12.2. The Labute approximate surface area is 108 Å². The number of hydrogen-bond donors (Lipinski definition) is 0. The summed E-state index contributed by atoms with van der Waals surface area (Å²) in [5.41, 5.74) is 3.90. The van der Waals surface area contributed by atoms with Crippen LogP contribution in [0.2, 0.25) is 0 Å². The molecule has 1 heterocycles. The molecule has 1 aliphatic carbocycles. The predicted octanol–water partition coefficient (Wildman–Crippen LogP) is 4.09. The van der Waals surface area contributed by atoms with Crippen LogP contribution in [0.4, 0.5) is 0 Å². The highest BCUT2D eigenvalue weighted by atomic mass is 14.8. The monoisotopic (exact) mass is 235 g/mol. The van der Waals surface area contributed by atoms with E-state index in [9.17, 15) is 0 Å². The van der Waals surface area contributed by atoms with Crippen LogP contribution < -0.4 is 0 Å². The van der Waals surface area contributed by atoms with Crippen molar-refractivity contribution in [3.63, 3.8) is 0 Å². The lowest BCUT2D eigenvalue weighted by molar-refractivity contribution is 0.674. The lowest BCUT2D eigenvalue weighted by atomic mass is 9.93. The Hall–Kier alpha value is -1.89. The van der Waals surface area contributed by atoms with Crippen LogP contribution in [-0.2, 0) is 6.42 Å². The molecule has 1 atom stereocenters. The van der Waals surface area contributed by atoms with Crippen LogP contribution >= 0.6 is 0 Å². The van der Waals surface area contributed by atoms with Crippen LogP contribution in [0.5, 0.6) is 0 Å². The van der Waals surface area contributed by atoms with Gasteiger partial charge in [0, 0.05) is 17.8 Å². The minimum Gasteiger partial charge on any atom is -0.260 e. The SMILES string of the molecule is C1=CCCC2C=C(Cc3ccccc3)C=NC2=C1. The van der Waals surface area contributed by atoms with Gasteiger partial charge in [0.25, 0.3) is 0 Å². The van der Waals surface area contributed by atoms with E-state index in [1.54, 1.807) is 0 Å². The minimum atomic E-state index is 0.503. The molecular formula is C17H17N. The molecule has 0 saturated heterocycles. The molecule has 1 heteroatoms. The standard InChI is InChI=1S/C17H17N/c1-3-7-14(8-4-1)11-15-12-16-9-5-2-6-10-17(16)18-13-15/h1-4,6-8,10,12-13,16H,5,9,11H2. The molecule has 90 valence electrons. The van der Waals surface area contributed by atoms with Crippen LogP contribution in [0.3, 0.4) is 0 Å². The summed E-state index contributed by atoms with van der Waals surface area (Å²) in [6.45, 7) is 0. The van der Waals surface area contributed by atoms with Crippen molar-refractivity contribution in [2.45, 2.75) is 19.3 Å². The number of allylic oxidation sites excluding steroid dienone is 5. The van der Waals surface area contributed by atoms with Gasteiger partial charge in [-0.3, -0.25) is 4.99 Å². The first-order chi connectivity index (χ1) is 8.92. The number of fused-ring (bicyclic) bond motifs is 1. The largest absolute Gasteiger partial charge is 0.260 e. The summed E-state index contributed by atoms with van der Waals surface area (Å²) < 4.78 is 0. The Morgan fingerprint density at radius 1 is 1.17 bits per heavy atom. The maximum absolute atomic E-state index is 4.61. The smallest absolute Gasteiger partial charge is 0.0472 e. The van der Waals surface area contributed by atoms with Gasteiger partial charge >= 0.3 is 0 Å². The summed E-state index contributed by atoms with van der Waals surface area (Å²) in [5.74, 6) is 0.503. The van der Waals surface area contributed by atoms with Crippen molar-refractivity contribution in [1.29, 1.82) is 0 Å². The molecule has 2 aliphatic rings. The van der Waals surface area contributed by atoms with Gasteiger partial charge in [-0.2, -0.15) is 0 Å². The van der Waals surface area contributed by atoms with Crippen molar-refractivity contribution in [2.24, 2.45) is 10.9 Å². The topological polar surface area (TPSA) is 12.4 Å². The minimum absolute atomic E-state index is 0.503. The molecule has 0 N–H and O–H groups in total. The number of aliphatic imine (C=N–C) groups is 1. The van der Waals surface area contributed by atoms with Crippen molar-refractivity contribution < 1.29 is 0 Å². The summed E-state index contributed by atoms with van der Waals surface area (Å²) in [4.78, 5) is 4.61. The number of nitrogens with zero attached hydrogens (tertiary/aromatic N) is 1. The van der Waals surface area contributed by atoms with E-state index in [2.05, 4.69) is 59.6 Å². The molecule has 1 aromatic carbocycles. The van der Waals surface area contributed by atoms with Crippen molar-refractivity contribution >= 4 is 6.21 Å². The number of rotatable bonds is 2. The Balaban J connectivity index is 1.78. The maximum Gasteiger partial charge on any atom is 0.0472 e. The van der Waals surface area contributed by atoms with Crippen molar-refractivity contribution in [3.8, 4) is 0 Å². The number of hydrogen-bond acceptors (Lipinski definition) is 1. The van der Waals surface area contributed by atoms with Gasteiger partial charge in [-0.05, 0) is 36.5 Å². The van der Waals surface area contributed by atoms with Crippen LogP contribution in [0.25, 0.3) is 0 Å². The highest BCUT2D eigenvalue weighted by Gasteiger charge is 2.16. The summed E-state index contributed by atoms with van der Waals surface area (Å²) >= 11 is 0. The Morgan fingerprint density at radius 3 is 2.94 bits per heavy atom. The Kier molecular flexibility index (Phi) is 3.22. The first-order valence-corrected chi connectivity index (χ1v) is 6.57. The molecule has 0 saturated carbocycles. The third-order valence-electron chi connectivity index (χ3n) is 3.47. The van der Waals surface area contributed by atoms with E-state index in [-0.39, 0.29) is 0 Å². The molecule has 0 radical (unpaired) electrons. The van der Waals surface area contributed by atoms with Gasteiger partial charge < -0.3 is 0 Å². The van der Waals surface area contributed by atoms with E-state index < -0.39 is 0 Å². The van der Waals surface area contributed by atoms with Crippen LogP contribution in [0, 0.1) is 5.92 Å². The first-order valence-electron chi connectivity index (χ1n) is 6.57. The van der Waals surface area contributed by atoms with Crippen molar-refractivity contribution in [1.82, 2.24) is 0 Å². The quantitative estimate of drug-likeness (QED) is 0.732. The van der Waals surface area contributed by atoms with Crippen molar-refractivity contribution in [3.05, 3.63) is 71.5 Å². The summed E-state index contributed by atoms with van der Waals surface area (Å²) in [6, 6.07) is 10.6. The molecule has 1 aliphatic heterocycles. The summed E-state index contributed by atoms with van der Waals surface area (Å²) in [5, 5.41) is 0. The second-order valence-electron chi connectivity index (χ2n) is 4.87. The molecule has 0 spiro atoms. The van der Waals surface area contributed by atoms with Gasteiger partial charge in [-0.1, -0.05) is 48.6 Å². The lowest BCUT2D eigenvalue weighted by Gasteiger charge is -2.17. The van der Waals surface area contributed by atoms with Crippen LogP contribution in [0.1, 0.15) is 18.4 Å². The van der Waals surface area contributed by atoms with E-state index in [1.807, 2.05) is 6.21 Å². The van der Waals surface area contributed by atoms with Crippen LogP contribution in [-0.4, -0.2) is 6.21 Å². The van der Waals surface area contributed by atoms with E-state index in [0.29, 0.717) is 5.92 Å². The Morgan fingerprint density at radius 2 is 2.06 bits per heavy atom. The normalized spacial score (nSPS) is 21.9. The zero-order valence-corrected chi connectivity index (χ0v) is 10.4. The third kappa shape index (κ3) is 2.51. The van der Waals surface area contributed by atoms with Gasteiger partial charge in [0.1, 0.15) is 0 Å². The zero-order valence-electron chi connectivity index (χ0n) is 10.4. The maximum atomic E-state index is 4.61. The molecule has 0 aromatic heterocycles. The fraction of sp³-hybridized carbons (Fsp3) is 0.235. The van der Waals surface area contributed by atoms with Gasteiger partial charge in [-0.15, -0.1) is 0 Å². The molecule has 3 rings (SSSR count). The average molecular weight is 235 g/mol. The molecule has 0 fully saturated rings. The number of benzene rings is 1. The molecule has 1 aromatic rings. The summed E-state index contributed by atoms with van der Waals surface area (Å²) in [6.07, 6.45) is 14.2. The van der Waals surface area contributed by atoms with Crippen LogP contribution in [0.15, 0.2) is 70.9 Å². The second kappa shape index (κ2) is 5.18. The third-order valence-corrected chi connectivity index (χ3v) is 3.47. The fourth-order valence-electron chi connectivity index (χ4n) is 2.51. The molecule has 1 nitrogen and oxygen atoms in total. The lowest BCUT2D eigenvalue weighted by Crippen LogP contribution is -2.07. The highest BCUT2D eigenvalue weighted by Crippen LogP contribution is 2.28. The molecule has 0 bridgehead atoms. The number of dihydropyridines is 1. The van der Waals surface area contributed by atoms with E-state index in [4.69, 9.17) is 0 Å². The van der Waals surface area contributed by atoms with Gasteiger partial charge in [0.05, 0.1) is 0 Å². The molecular weight excluding hydrogens is 218 g/mol.